The molecule has 34 heavy (non-hydrogen) atoms. The van der Waals surface area contributed by atoms with E-state index >= 15 is 0 Å². The number of hydrogen-bond acceptors (Lipinski definition) is 5. The number of hydrogen-bond donors (Lipinski definition) is 4. The number of nitrogens with two attached hydrogens (primary N) is 1. The van der Waals surface area contributed by atoms with Gasteiger partial charge in [0, 0.05) is 19.2 Å². The molecule has 3 rings (SSSR count). The summed E-state index contributed by atoms with van der Waals surface area (Å²) in [5.41, 5.74) is 7.63. The largest absolute Gasteiger partial charge is 0.384 e. The molecule has 2 amide bonds. The SMILES string of the molecule is CNC(Cc1ccccc1)C(=O)N[C@@H](Cc1ccc(F)c(F)c1)C(=O)NCc1ccc(N)nc1. The molecule has 2 atom stereocenters. The number of anilines is 1. The quantitative estimate of drug-likeness (QED) is 0.365. The van der Waals surface area contributed by atoms with Crippen molar-refractivity contribution < 1.29 is 18.4 Å². The number of halogens is 2. The van der Waals surface area contributed by atoms with E-state index in [1.165, 1.54) is 12.3 Å². The molecule has 0 saturated carbocycles. The highest BCUT2D eigenvalue weighted by Gasteiger charge is 2.25. The summed E-state index contributed by atoms with van der Waals surface area (Å²) in [5, 5.41) is 8.47. The highest BCUT2D eigenvalue weighted by Crippen LogP contribution is 2.12. The summed E-state index contributed by atoms with van der Waals surface area (Å²) in [5.74, 6) is -2.50. The number of rotatable bonds is 10. The lowest BCUT2D eigenvalue weighted by molar-refractivity contribution is -0.130. The van der Waals surface area contributed by atoms with Gasteiger partial charge in [-0.3, -0.25) is 9.59 Å². The fourth-order valence-electron chi connectivity index (χ4n) is 3.41. The molecule has 1 aromatic heterocycles. The van der Waals surface area contributed by atoms with E-state index in [0.717, 1.165) is 23.3 Å². The second kappa shape index (κ2) is 11.9. The van der Waals surface area contributed by atoms with Crippen LogP contribution in [0.3, 0.4) is 0 Å². The van der Waals surface area contributed by atoms with Gasteiger partial charge in [-0.05, 0) is 48.4 Å². The van der Waals surface area contributed by atoms with Crippen molar-refractivity contribution in [2.75, 3.05) is 12.8 Å². The van der Waals surface area contributed by atoms with Crippen molar-refractivity contribution in [2.45, 2.75) is 31.5 Å². The predicted molar refractivity (Wildman–Crippen MR) is 125 cm³/mol. The molecule has 178 valence electrons. The van der Waals surface area contributed by atoms with E-state index < -0.39 is 29.6 Å². The summed E-state index contributed by atoms with van der Waals surface area (Å²) >= 11 is 0. The van der Waals surface area contributed by atoms with Gasteiger partial charge in [0.05, 0.1) is 6.04 Å². The maximum atomic E-state index is 13.7. The number of nitrogen functional groups attached to an aromatic ring is 1. The number of nitrogens with zero attached hydrogens (tertiary/aromatic N) is 1. The maximum absolute atomic E-state index is 13.7. The van der Waals surface area contributed by atoms with E-state index in [-0.39, 0.29) is 18.9 Å². The van der Waals surface area contributed by atoms with Crippen molar-refractivity contribution in [1.29, 1.82) is 0 Å². The Morgan fingerprint density at radius 1 is 0.882 bits per heavy atom. The molecule has 0 aliphatic carbocycles. The number of likely N-dealkylation sites (N-methyl/N-ethyl adjacent to an activating group) is 1. The summed E-state index contributed by atoms with van der Waals surface area (Å²) < 4.78 is 27.1. The van der Waals surface area contributed by atoms with E-state index in [4.69, 9.17) is 5.73 Å². The normalized spacial score (nSPS) is 12.6. The van der Waals surface area contributed by atoms with Crippen LogP contribution in [0.4, 0.5) is 14.6 Å². The Morgan fingerprint density at radius 3 is 2.24 bits per heavy atom. The third kappa shape index (κ3) is 7.08. The first-order valence-corrected chi connectivity index (χ1v) is 10.8. The van der Waals surface area contributed by atoms with Crippen molar-refractivity contribution in [1.82, 2.24) is 20.9 Å². The summed E-state index contributed by atoms with van der Waals surface area (Å²) in [6.07, 6.45) is 1.94. The highest BCUT2D eigenvalue weighted by atomic mass is 19.2. The minimum absolute atomic E-state index is 0.0173. The van der Waals surface area contributed by atoms with Crippen molar-refractivity contribution in [3.05, 3.63) is 95.2 Å². The van der Waals surface area contributed by atoms with Crippen LogP contribution in [0.25, 0.3) is 0 Å². The molecule has 1 unspecified atom stereocenters. The molecule has 3 aromatic rings. The van der Waals surface area contributed by atoms with Gasteiger partial charge < -0.3 is 21.7 Å². The average molecular weight is 468 g/mol. The molecule has 7 nitrogen and oxygen atoms in total. The van der Waals surface area contributed by atoms with Crippen molar-refractivity contribution >= 4 is 17.6 Å². The number of carbonyl (C=O) groups excluding carboxylic acids is 2. The molecule has 0 saturated heterocycles. The molecular weight excluding hydrogens is 440 g/mol. The van der Waals surface area contributed by atoms with Crippen LogP contribution < -0.4 is 21.7 Å². The Hall–Kier alpha value is -3.85. The smallest absolute Gasteiger partial charge is 0.243 e. The van der Waals surface area contributed by atoms with Gasteiger partial charge in [0.2, 0.25) is 11.8 Å². The van der Waals surface area contributed by atoms with Crippen molar-refractivity contribution in [3.63, 3.8) is 0 Å². The first-order chi connectivity index (χ1) is 16.4. The lowest BCUT2D eigenvalue weighted by Crippen LogP contribution is -2.53. The molecular formula is C25H27F2N5O2. The standard InChI is InChI=1S/C25H27F2N5O2/c1-29-21(12-16-5-3-2-4-6-16)25(34)32-22(13-17-7-9-19(26)20(27)11-17)24(33)31-15-18-8-10-23(28)30-14-18/h2-11,14,21-22,29H,12-13,15H2,1H3,(H2,28,30)(H,31,33)(H,32,34)/t21?,22-/m0/s1. The van der Waals surface area contributed by atoms with Crippen LogP contribution in [0.15, 0.2) is 66.9 Å². The second-order valence-electron chi connectivity index (χ2n) is 7.85. The van der Waals surface area contributed by atoms with Crippen LogP contribution in [0.2, 0.25) is 0 Å². The minimum Gasteiger partial charge on any atom is -0.384 e. The van der Waals surface area contributed by atoms with Crippen LogP contribution >= 0.6 is 0 Å². The Labute approximate surface area is 196 Å². The van der Waals surface area contributed by atoms with Gasteiger partial charge in [-0.1, -0.05) is 42.5 Å². The fourth-order valence-corrected chi connectivity index (χ4v) is 3.41. The lowest BCUT2D eigenvalue weighted by atomic mass is 10.0. The average Bonchev–Trinajstić information content (AvgIpc) is 2.84. The number of benzene rings is 2. The van der Waals surface area contributed by atoms with Gasteiger partial charge >= 0.3 is 0 Å². The summed E-state index contributed by atoms with van der Waals surface area (Å²) in [7, 11) is 1.66. The van der Waals surface area contributed by atoms with E-state index in [1.807, 2.05) is 30.3 Å². The zero-order valence-electron chi connectivity index (χ0n) is 18.7. The summed E-state index contributed by atoms with van der Waals surface area (Å²) in [6, 6.07) is 14.6. The molecule has 0 radical (unpaired) electrons. The van der Waals surface area contributed by atoms with Crippen molar-refractivity contribution in [3.8, 4) is 0 Å². The van der Waals surface area contributed by atoms with E-state index in [2.05, 4.69) is 20.9 Å². The second-order valence-corrected chi connectivity index (χ2v) is 7.85. The molecule has 9 heteroatoms. The van der Waals surface area contributed by atoms with E-state index in [9.17, 15) is 18.4 Å². The maximum Gasteiger partial charge on any atom is 0.243 e. The molecule has 2 aromatic carbocycles. The van der Waals surface area contributed by atoms with Gasteiger partial charge in [0.1, 0.15) is 11.9 Å². The zero-order valence-corrected chi connectivity index (χ0v) is 18.7. The number of carbonyl (C=O) groups is 2. The lowest BCUT2D eigenvalue weighted by Gasteiger charge is -2.22. The van der Waals surface area contributed by atoms with Crippen LogP contribution in [0.5, 0.6) is 0 Å². The minimum atomic E-state index is -1.02. The number of pyridine rings is 1. The molecule has 0 aliphatic heterocycles. The molecule has 0 bridgehead atoms. The summed E-state index contributed by atoms with van der Waals surface area (Å²) in [4.78, 5) is 30.0. The van der Waals surface area contributed by atoms with E-state index in [1.54, 1.807) is 19.2 Å². The molecule has 0 spiro atoms. The zero-order chi connectivity index (χ0) is 24.5. The number of nitrogens with one attached hydrogen (secondary N) is 3. The van der Waals surface area contributed by atoms with E-state index in [0.29, 0.717) is 17.8 Å². The van der Waals surface area contributed by atoms with Crippen LogP contribution in [0.1, 0.15) is 16.7 Å². The van der Waals surface area contributed by atoms with Gasteiger partial charge in [-0.2, -0.15) is 0 Å². The van der Waals surface area contributed by atoms with Crippen LogP contribution in [-0.2, 0) is 29.0 Å². The predicted octanol–water partition coefficient (Wildman–Crippen LogP) is 2.12. The Balaban J connectivity index is 1.73. The monoisotopic (exact) mass is 467 g/mol. The Bertz CT molecular complexity index is 1110. The first kappa shape index (κ1) is 24.8. The molecule has 1 heterocycles. The number of aromatic nitrogens is 1. The molecule has 0 aliphatic rings. The number of amides is 2. The first-order valence-electron chi connectivity index (χ1n) is 10.8. The fraction of sp³-hybridized carbons (Fsp3) is 0.240. The Morgan fingerprint density at radius 2 is 1.59 bits per heavy atom. The Kier molecular flexibility index (Phi) is 8.64. The summed E-state index contributed by atoms with van der Waals surface area (Å²) in [6.45, 7) is 0.162. The van der Waals surface area contributed by atoms with Gasteiger partial charge in [0.15, 0.2) is 11.6 Å². The molecule has 5 N–H and O–H groups in total. The van der Waals surface area contributed by atoms with Gasteiger partial charge in [-0.25, -0.2) is 13.8 Å². The topological polar surface area (TPSA) is 109 Å². The van der Waals surface area contributed by atoms with Crippen LogP contribution in [0, 0.1) is 11.6 Å². The van der Waals surface area contributed by atoms with Crippen molar-refractivity contribution in [2.24, 2.45) is 0 Å². The van der Waals surface area contributed by atoms with Crippen LogP contribution in [-0.4, -0.2) is 35.9 Å². The van der Waals surface area contributed by atoms with Gasteiger partial charge in [-0.15, -0.1) is 0 Å². The highest BCUT2D eigenvalue weighted by molar-refractivity contribution is 5.90. The third-order valence-corrected chi connectivity index (χ3v) is 5.32. The van der Waals surface area contributed by atoms with Gasteiger partial charge in [0.25, 0.3) is 0 Å². The molecule has 0 fully saturated rings. The third-order valence-electron chi connectivity index (χ3n) is 5.32.